The predicted molar refractivity (Wildman–Crippen MR) is 139 cm³/mol. The largest absolute Gasteiger partial charge is 0.490 e. The van der Waals surface area contributed by atoms with Crippen molar-refractivity contribution in [3.05, 3.63) is 23.8 Å². The first-order chi connectivity index (χ1) is 17.8. The first kappa shape index (κ1) is 31.8. The molecule has 1 aliphatic rings. The zero-order valence-corrected chi connectivity index (χ0v) is 23.0. The number of rotatable bonds is 7. The number of aliphatic hydroxyl groups is 1. The molecular formula is C27H42F3N3O5. The molecule has 38 heavy (non-hydrogen) atoms. The molecule has 0 bridgehead atoms. The third-order valence-corrected chi connectivity index (χ3v) is 6.52. The lowest BCUT2D eigenvalue weighted by Gasteiger charge is -2.35. The van der Waals surface area contributed by atoms with Crippen molar-refractivity contribution in [3.8, 4) is 5.75 Å². The van der Waals surface area contributed by atoms with Crippen molar-refractivity contribution in [3.63, 3.8) is 0 Å². The minimum absolute atomic E-state index is 0.0631. The van der Waals surface area contributed by atoms with E-state index in [2.05, 4.69) is 5.32 Å². The van der Waals surface area contributed by atoms with Crippen LogP contribution in [0.4, 0.5) is 18.9 Å². The molecule has 216 valence electrons. The topological polar surface area (TPSA) is 91.3 Å². The normalized spacial score (nSPS) is 22.8. The van der Waals surface area contributed by atoms with Crippen LogP contribution in [0.5, 0.6) is 5.75 Å². The van der Waals surface area contributed by atoms with Crippen LogP contribution in [0.1, 0.15) is 63.2 Å². The fraction of sp³-hybridized carbons (Fsp3) is 0.704. The molecule has 0 aromatic heterocycles. The second kappa shape index (κ2) is 14.7. The Morgan fingerprint density at radius 1 is 1.26 bits per heavy atom. The number of ether oxygens (including phenoxy) is 2. The highest BCUT2D eigenvalue weighted by atomic mass is 19.4. The van der Waals surface area contributed by atoms with Crippen LogP contribution in [0.15, 0.2) is 18.2 Å². The van der Waals surface area contributed by atoms with E-state index < -0.39 is 36.9 Å². The quantitative estimate of drug-likeness (QED) is 0.530. The van der Waals surface area contributed by atoms with E-state index in [1.807, 2.05) is 32.8 Å². The minimum Gasteiger partial charge on any atom is -0.490 e. The van der Waals surface area contributed by atoms with Crippen molar-refractivity contribution in [2.45, 2.75) is 77.3 Å². The van der Waals surface area contributed by atoms with Gasteiger partial charge in [0.25, 0.3) is 5.91 Å². The Hall–Kier alpha value is -2.37. The predicted octanol–water partition coefficient (Wildman–Crippen LogP) is 4.32. The molecule has 1 aromatic carbocycles. The van der Waals surface area contributed by atoms with E-state index >= 15 is 0 Å². The number of halogens is 3. The Kier molecular flexibility index (Phi) is 12.3. The lowest BCUT2D eigenvalue weighted by Crippen LogP contribution is -2.47. The van der Waals surface area contributed by atoms with Gasteiger partial charge >= 0.3 is 6.18 Å². The van der Waals surface area contributed by atoms with Gasteiger partial charge < -0.3 is 29.7 Å². The molecule has 2 N–H and O–H groups in total. The van der Waals surface area contributed by atoms with Crippen LogP contribution >= 0.6 is 0 Å². The van der Waals surface area contributed by atoms with Crippen LogP contribution in [-0.2, 0) is 9.53 Å². The second-order valence-corrected chi connectivity index (χ2v) is 10.4. The van der Waals surface area contributed by atoms with Gasteiger partial charge in [-0.15, -0.1) is 0 Å². The summed E-state index contributed by atoms with van der Waals surface area (Å²) < 4.78 is 49.9. The standard InChI is InChI=1S/C27H42F3N3O5/c1-18-15-33(19(2)17-34)26(36)22-14-21(31-25(35)11-12-27(28,29)30)9-10-23(22)38-20(3)8-6-7-13-37-24(18)16-32(4)5/h9-10,14,18-20,24,34H,6-8,11-13,15-17H2,1-5H3,(H,31,35)/t18-,19-,20-,24+/m1/s1. The number of carbonyl (C=O) groups is 2. The molecule has 11 heteroatoms. The van der Waals surface area contributed by atoms with Gasteiger partial charge in [-0.3, -0.25) is 9.59 Å². The van der Waals surface area contributed by atoms with Gasteiger partial charge in [-0.05, 0) is 65.4 Å². The van der Waals surface area contributed by atoms with Gasteiger partial charge in [0.1, 0.15) is 5.75 Å². The summed E-state index contributed by atoms with van der Waals surface area (Å²) in [4.78, 5) is 29.6. The van der Waals surface area contributed by atoms with Gasteiger partial charge in [-0.1, -0.05) is 6.92 Å². The molecule has 0 saturated carbocycles. The van der Waals surface area contributed by atoms with Crippen molar-refractivity contribution in [2.75, 3.05) is 45.7 Å². The molecule has 1 aromatic rings. The van der Waals surface area contributed by atoms with E-state index in [1.165, 1.54) is 12.1 Å². The molecule has 0 fully saturated rings. The molecule has 4 atom stereocenters. The summed E-state index contributed by atoms with van der Waals surface area (Å²) in [6.07, 6.45) is -4.29. The van der Waals surface area contributed by atoms with E-state index in [-0.39, 0.29) is 36.0 Å². The van der Waals surface area contributed by atoms with Crippen LogP contribution in [0.3, 0.4) is 0 Å². The van der Waals surface area contributed by atoms with Gasteiger partial charge in [0.15, 0.2) is 0 Å². The number of hydrogen-bond acceptors (Lipinski definition) is 6. The van der Waals surface area contributed by atoms with Gasteiger partial charge in [-0.2, -0.15) is 13.2 Å². The maximum atomic E-state index is 13.9. The molecule has 0 aliphatic carbocycles. The molecule has 2 amide bonds. The Morgan fingerprint density at radius 3 is 2.61 bits per heavy atom. The Bertz CT molecular complexity index is 912. The lowest BCUT2D eigenvalue weighted by atomic mass is 10.0. The number of alkyl halides is 3. The monoisotopic (exact) mass is 545 g/mol. The number of fused-ring (bicyclic) bond motifs is 1. The molecule has 0 saturated heterocycles. The molecule has 1 aliphatic heterocycles. The highest BCUT2D eigenvalue weighted by molar-refractivity contribution is 5.99. The average molecular weight is 546 g/mol. The Balaban J connectivity index is 2.43. The number of likely N-dealkylation sites (N-methyl/N-ethyl adjacent to an activating group) is 1. The summed E-state index contributed by atoms with van der Waals surface area (Å²) in [5.41, 5.74) is 0.361. The number of hydrogen-bond donors (Lipinski definition) is 2. The van der Waals surface area contributed by atoms with Crippen molar-refractivity contribution in [2.24, 2.45) is 5.92 Å². The van der Waals surface area contributed by atoms with Crippen LogP contribution in [-0.4, -0.2) is 91.5 Å². The first-order valence-corrected chi connectivity index (χ1v) is 13.2. The highest BCUT2D eigenvalue weighted by Crippen LogP contribution is 2.29. The molecule has 0 unspecified atom stereocenters. The van der Waals surface area contributed by atoms with Crippen molar-refractivity contribution < 1.29 is 37.3 Å². The fourth-order valence-electron chi connectivity index (χ4n) is 4.30. The van der Waals surface area contributed by atoms with Crippen LogP contribution < -0.4 is 10.1 Å². The van der Waals surface area contributed by atoms with Crippen molar-refractivity contribution >= 4 is 17.5 Å². The van der Waals surface area contributed by atoms with Crippen LogP contribution in [0.2, 0.25) is 0 Å². The minimum atomic E-state index is -4.44. The number of anilines is 1. The van der Waals surface area contributed by atoms with E-state index in [4.69, 9.17) is 9.47 Å². The molecule has 0 radical (unpaired) electrons. The number of nitrogens with one attached hydrogen (secondary N) is 1. The number of amides is 2. The second-order valence-electron chi connectivity index (χ2n) is 10.4. The van der Waals surface area contributed by atoms with Gasteiger partial charge in [-0.25, -0.2) is 0 Å². The Morgan fingerprint density at radius 2 is 1.97 bits per heavy atom. The Labute approximate surface area is 223 Å². The molecule has 8 nitrogen and oxygen atoms in total. The third kappa shape index (κ3) is 10.4. The average Bonchev–Trinajstić information content (AvgIpc) is 2.83. The molecule has 2 rings (SSSR count). The number of carbonyl (C=O) groups excluding carboxylic acids is 2. The summed E-state index contributed by atoms with van der Waals surface area (Å²) in [7, 11) is 3.92. The lowest BCUT2D eigenvalue weighted by molar-refractivity contribution is -0.142. The molecular weight excluding hydrogens is 503 g/mol. The number of aliphatic hydroxyl groups excluding tert-OH is 1. The summed E-state index contributed by atoms with van der Waals surface area (Å²) in [5.74, 6) is -0.959. The molecule has 0 spiro atoms. The zero-order valence-electron chi connectivity index (χ0n) is 23.0. The molecule has 1 heterocycles. The zero-order chi connectivity index (χ0) is 28.5. The number of nitrogens with zero attached hydrogens (tertiary/aromatic N) is 2. The maximum Gasteiger partial charge on any atom is 0.389 e. The first-order valence-electron chi connectivity index (χ1n) is 13.2. The van der Waals surface area contributed by atoms with Crippen LogP contribution in [0.25, 0.3) is 0 Å². The van der Waals surface area contributed by atoms with Gasteiger partial charge in [0.05, 0.1) is 36.8 Å². The van der Waals surface area contributed by atoms with Crippen molar-refractivity contribution in [1.82, 2.24) is 9.80 Å². The van der Waals surface area contributed by atoms with Gasteiger partial charge in [0, 0.05) is 37.7 Å². The van der Waals surface area contributed by atoms with Crippen LogP contribution in [0, 0.1) is 5.92 Å². The third-order valence-electron chi connectivity index (χ3n) is 6.52. The van der Waals surface area contributed by atoms with E-state index in [9.17, 15) is 27.9 Å². The van der Waals surface area contributed by atoms with E-state index in [0.29, 0.717) is 25.4 Å². The fourth-order valence-corrected chi connectivity index (χ4v) is 4.30. The summed E-state index contributed by atoms with van der Waals surface area (Å²) >= 11 is 0. The van der Waals surface area contributed by atoms with Gasteiger partial charge in [0.2, 0.25) is 5.91 Å². The van der Waals surface area contributed by atoms with E-state index in [1.54, 1.807) is 17.9 Å². The summed E-state index contributed by atoms with van der Waals surface area (Å²) in [6, 6.07) is 3.97. The van der Waals surface area contributed by atoms with Crippen molar-refractivity contribution in [1.29, 1.82) is 0 Å². The SMILES string of the molecule is C[C@@H]1CCCCO[C@@H](CN(C)C)[C@H](C)CN([C@H](C)CO)C(=O)c2cc(NC(=O)CCC(F)(F)F)ccc2O1. The van der Waals surface area contributed by atoms with E-state index in [0.717, 1.165) is 19.3 Å². The summed E-state index contributed by atoms with van der Waals surface area (Å²) in [5, 5.41) is 12.4. The highest BCUT2D eigenvalue weighted by Gasteiger charge is 2.31. The smallest absolute Gasteiger partial charge is 0.389 e. The maximum absolute atomic E-state index is 13.9. The number of benzene rings is 1. The summed E-state index contributed by atoms with van der Waals surface area (Å²) in [6.45, 7) is 6.93.